The average molecular weight is 456 g/mol. The Bertz CT molecular complexity index is 1280. The molecule has 0 spiro atoms. The van der Waals surface area contributed by atoms with Gasteiger partial charge >= 0.3 is 0 Å². The molecule has 174 valence electrons. The standard InChI is InChI=1S/C27H29N5O2/c1-18(2)27(3)26(34)29-24(30-27)23-21(17-19-9-7-8-12-22(19)28-23)25(33)32-15-13-31(14-16-32)20-10-5-4-6-11-20/h4-12,17-18H,13-16H2,1-3H3,(H,29,30,34)/t27-/m1/s1. The van der Waals surface area contributed by atoms with Gasteiger partial charge in [-0.15, -0.1) is 0 Å². The Morgan fingerprint density at radius 3 is 2.35 bits per heavy atom. The van der Waals surface area contributed by atoms with Crippen molar-refractivity contribution in [2.75, 3.05) is 31.1 Å². The molecule has 34 heavy (non-hydrogen) atoms. The van der Waals surface area contributed by atoms with E-state index in [1.165, 1.54) is 5.69 Å². The molecule has 1 saturated heterocycles. The van der Waals surface area contributed by atoms with Crippen molar-refractivity contribution in [2.45, 2.75) is 26.3 Å². The highest BCUT2D eigenvalue weighted by atomic mass is 16.2. The maximum Gasteiger partial charge on any atom is 0.256 e. The van der Waals surface area contributed by atoms with Crippen molar-refractivity contribution < 1.29 is 9.59 Å². The van der Waals surface area contributed by atoms with Crippen LogP contribution >= 0.6 is 0 Å². The fourth-order valence-electron chi connectivity index (χ4n) is 4.48. The van der Waals surface area contributed by atoms with Crippen molar-refractivity contribution in [1.82, 2.24) is 15.2 Å². The molecule has 0 aliphatic carbocycles. The molecule has 0 unspecified atom stereocenters. The molecule has 2 aromatic carbocycles. The highest BCUT2D eigenvalue weighted by Gasteiger charge is 2.43. The molecule has 3 heterocycles. The van der Waals surface area contributed by atoms with Gasteiger partial charge in [-0.1, -0.05) is 50.2 Å². The Morgan fingerprint density at radius 2 is 1.68 bits per heavy atom. The molecule has 0 bridgehead atoms. The first kappa shape index (κ1) is 22.1. The van der Waals surface area contributed by atoms with Gasteiger partial charge in [0.05, 0.1) is 11.1 Å². The Labute approximate surface area is 199 Å². The molecule has 1 aromatic heterocycles. The number of pyridine rings is 1. The van der Waals surface area contributed by atoms with E-state index in [4.69, 9.17) is 9.98 Å². The SMILES string of the molecule is CC(C)[C@@]1(C)N=C(c2nc3ccccc3cc2C(=O)N2CCN(c3ccccc3)CC2)NC1=O. The summed E-state index contributed by atoms with van der Waals surface area (Å²) in [6.45, 7) is 8.51. The molecule has 0 radical (unpaired) electrons. The van der Waals surface area contributed by atoms with Gasteiger partial charge in [0.2, 0.25) is 0 Å². The summed E-state index contributed by atoms with van der Waals surface area (Å²) in [5.74, 6) is 0.132. The summed E-state index contributed by atoms with van der Waals surface area (Å²) >= 11 is 0. The molecule has 2 amide bonds. The smallest absolute Gasteiger partial charge is 0.256 e. The first-order valence-corrected chi connectivity index (χ1v) is 11.8. The van der Waals surface area contributed by atoms with Crippen LogP contribution < -0.4 is 10.2 Å². The number of piperazine rings is 1. The lowest BCUT2D eigenvalue weighted by Gasteiger charge is -2.36. The van der Waals surface area contributed by atoms with Crippen molar-refractivity contribution in [1.29, 1.82) is 0 Å². The summed E-state index contributed by atoms with van der Waals surface area (Å²) in [5.41, 5.74) is 1.95. The zero-order valence-electron chi connectivity index (χ0n) is 19.8. The largest absolute Gasteiger partial charge is 0.368 e. The van der Waals surface area contributed by atoms with Crippen LogP contribution in [0.15, 0.2) is 65.7 Å². The highest BCUT2D eigenvalue weighted by Crippen LogP contribution is 2.29. The van der Waals surface area contributed by atoms with Crippen LogP contribution in [0.2, 0.25) is 0 Å². The number of aliphatic imine (C=N–C) groups is 1. The van der Waals surface area contributed by atoms with Crippen LogP contribution in [0, 0.1) is 5.92 Å². The summed E-state index contributed by atoms with van der Waals surface area (Å²) < 4.78 is 0. The van der Waals surface area contributed by atoms with Crippen LogP contribution in [0.5, 0.6) is 0 Å². The number of rotatable bonds is 4. The minimum Gasteiger partial charge on any atom is -0.368 e. The van der Waals surface area contributed by atoms with Gasteiger partial charge in [0, 0.05) is 37.3 Å². The molecule has 1 fully saturated rings. The van der Waals surface area contributed by atoms with Gasteiger partial charge in [-0.3, -0.25) is 9.59 Å². The number of anilines is 1. The first-order chi connectivity index (χ1) is 16.4. The van der Waals surface area contributed by atoms with E-state index in [1.54, 1.807) is 0 Å². The number of carbonyl (C=O) groups is 2. The van der Waals surface area contributed by atoms with Crippen molar-refractivity contribution in [3.8, 4) is 0 Å². The molecule has 0 saturated carbocycles. The minimum atomic E-state index is -0.885. The van der Waals surface area contributed by atoms with Gasteiger partial charge in [0.1, 0.15) is 11.2 Å². The third kappa shape index (κ3) is 3.81. The number of aromatic nitrogens is 1. The van der Waals surface area contributed by atoms with Gasteiger partial charge in [-0.2, -0.15) is 0 Å². The summed E-state index contributed by atoms with van der Waals surface area (Å²) in [4.78, 5) is 40.2. The van der Waals surface area contributed by atoms with Crippen LogP contribution in [-0.2, 0) is 4.79 Å². The van der Waals surface area contributed by atoms with Crippen LogP contribution in [0.1, 0.15) is 36.8 Å². The summed E-state index contributed by atoms with van der Waals surface area (Å²) in [5, 5.41) is 3.79. The zero-order valence-corrected chi connectivity index (χ0v) is 19.8. The van der Waals surface area contributed by atoms with Gasteiger partial charge in [0.15, 0.2) is 5.84 Å². The number of carbonyl (C=O) groups excluding carboxylic acids is 2. The second-order valence-electron chi connectivity index (χ2n) is 9.41. The molecule has 5 rings (SSSR count). The molecule has 7 nitrogen and oxygen atoms in total. The van der Waals surface area contributed by atoms with Crippen molar-refractivity contribution in [3.63, 3.8) is 0 Å². The zero-order chi connectivity index (χ0) is 23.9. The number of amides is 2. The summed E-state index contributed by atoms with van der Waals surface area (Å²) in [7, 11) is 0. The minimum absolute atomic E-state index is 0.00988. The van der Waals surface area contributed by atoms with Crippen LogP contribution in [0.3, 0.4) is 0 Å². The monoisotopic (exact) mass is 455 g/mol. The van der Waals surface area contributed by atoms with E-state index in [9.17, 15) is 9.59 Å². The lowest BCUT2D eigenvalue weighted by molar-refractivity contribution is -0.124. The Balaban J connectivity index is 1.48. The Hall–Kier alpha value is -3.74. The van der Waals surface area contributed by atoms with E-state index < -0.39 is 5.54 Å². The third-order valence-corrected chi connectivity index (χ3v) is 7.03. The topological polar surface area (TPSA) is 77.9 Å². The lowest BCUT2D eigenvalue weighted by Crippen LogP contribution is -2.49. The van der Waals surface area contributed by atoms with E-state index in [0.717, 1.165) is 24.0 Å². The Kier molecular flexibility index (Phi) is 5.55. The quantitative estimate of drug-likeness (QED) is 0.653. The van der Waals surface area contributed by atoms with Crippen LogP contribution in [0.25, 0.3) is 10.9 Å². The van der Waals surface area contributed by atoms with E-state index >= 15 is 0 Å². The number of hydrogen-bond acceptors (Lipinski definition) is 5. The molecule has 2 aliphatic heterocycles. The van der Waals surface area contributed by atoms with E-state index in [2.05, 4.69) is 22.3 Å². The summed E-state index contributed by atoms with van der Waals surface area (Å²) in [6.07, 6.45) is 0. The van der Waals surface area contributed by atoms with Gasteiger partial charge in [-0.25, -0.2) is 9.98 Å². The van der Waals surface area contributed by atoms with Crippen molar-refractivity contribution in [3.05, 3.63) is 71.9 Å². The molecule has 1 atom stereocenters. The highest BCUT2D eigenvalue weighted by molar-refractivity contribution is 6.19. The van der Waals surface area contributed by atoms with E-state index in [-0.39, 0.29) is 17.7 Å². The normalized spacial score (nSPS) is 20.6. The Morgan fingerprint density at radius 1 is 1.00 bits per heavy atom. The number of fused-ring (bicyclic) bond motifs is 1. The maximum atomic E-state index is 13.7. The van der Waals surface area contributed by atoms with E-state index in [1.807, 2.05) is 74.2 Å². The molecule has 2 aliphatic rings. The predicted molar refractivity (Wildman–Crippen MR) is 134 cm³/mol. The molecule has 1 N–H and O–H groups in total. The fraction of sp³-hybridized carbons (Fsp3) is 0.333. The first-order valence-electron chi connectivity index (χ1n) is 11.8. The second-order valence-corrected chi connectivity index (χ2v) is 9.41. The number of hydrogen-bond donors (Lipinski definition) is 1. The molecule has 3 aromatic rings. The van der Waals surface area contributed by atoms with Crippen LogP contribution in [0.4, 0.5) is 5.69 Å². The van der Waals surface area contributed by atoms with E-state index in [0.29, 0.717) is 30.2 Å². The van der Waals surface area contributed by atoms with Gasteiger partial charge in [0.25, 0.3) is 11.8 Å². The number of nitrogens with zero attached hydrogens (tertiary/aromatic N) is 4. The predicted octanol–water partition coefficient (Wildman–Crippen LogP) is 3.49. The number of para-hydroxylation sites is 2. The number of nitrogens with one attached hydrogen (secondary N) is 1. The third-order valence-electron chi connectivity index (χ3n) is 7.03. The van der Waals surface area contributed by atoms with Gasteiger partial charge < -0.3 is 15.1 Å². The fourth-order valence-corrected chi connectivity index (χ4v) is 4.48. The average Bonchev–Trinajstić information content (AvgIpc) is 3.19. The molecular weight excluding hydrogens is 426 g/mol. The molecule has 7 heteroatoms. The number of amidine groups is 1. The lowest BCUT2D eigenvalue weighted by atomic mass is 9.89. The maximum absolute atomic E-state index is 13.7. The molecular formula is C27H29N5O2. The number of benzene rings is 2. The summed E-state index contributed by atoms with van der Waals surface area (Å²) in [6, 6.07) is 19.8. The van der Waals surface area contributed by atoms with Crippen molar-refractivity contribution in [2.24, 2.45) is 10.9 Å². The van der Waals surface area contributed by atoms with Crippen molar-refractivity contribution >= 4 is 34.2 Å². The second kappa shape index (κ2) is 8.56. The van der Waals surface area contributed by atoms with Crippen LogP contribution in [-0.4, -0.2) is 59.3 Å². The van der Waals surface area contributed by atoms with Gasteiger partial charge in [-0.05, 0) is 37.1 Å².